The van der Waals surface area contributed by atoms with Crippen molar-refractivity contribution in [2.24, 2.45) is 0 Å². The van der Waals surface area contributed by atoms with E-state index >= 15 is 0 Å². The zero-order valence-corrected chi connectivity index (χ0v) is 14.0. The van der Waals surface area contributed by atoms with E-state index in [0.717, 1.165) is 0 Å². The number of aromatic nitrogens is 1. The molecule has 0 saturated heterocycles. The van der Waals surface area contributed by atoms with Gasteiger partial charge < -0.3 is 10.1 Å². The van der Waals surface area contributed by atoms with E-state index in [1.165, 1.54) is 25.3 Å². The van der Waals surface area contributed by atoms with Crippen molar-refractivity contribution in [1.82, 2.24) is 15.0 Å². The van der Waals surface area contributed by atoms with Crippen LogP contribution in [0.2, 0.25) is 0 Å². The van der Waals surface area contributed by atoms with E-state index < -0.39 is 10.0 Å². The Labute approximate surface area is 141 Å². The normalized spacial score (nSPS) is 11.2. The molecule has 0 saturated carbocycles. The average molecular weight is 349 g/mol. The SMILES string of the molecule is COCCNC(=O)c1cccc(S(=O)(=O)NCc2ccccn2)c1. The van der Waals surface area contributed by atoms with E-state index in [4.69, 9.17) is 4.74 Å². The van der Waals surface area contributed by atoms with Crippen LogP contribution in [0.5, 0.6) is 0 Å². The first-order valence-electron chi connectivity index (χ1n) is 7.30. The van der Waals surface area contributed by atoms with Crippen molar-refractivity contribution in [2.75, 3.05) is 20.3 Å². The molecule has 0 unspecified atom stereocenters. The van der Waals surface area contributed by atoms with Crippen LogP contribution in [0.4, 0.5) is 0 Å². The molecule has 0 aliphatic heterocycles. The fourth-order valence-electron chi connectivity index (χ4n) is 1.93. The first-order valence-corrected chi connectivity index (χ1v) is 8.78. The van der Waals surface area contributed by atoms with Gasteiger partial charge in [0.15, 0.2) is 0 Å². The summed E-state index contributed by atoms with van der Waals surface area (Å²) in [6, 6.07) is 11.1. The molecule has 1 heterocycles. The topological polar surface area (TPSA) is 97.4 Å². The van der Waals surface area contributed by atoms with Gasteiger partial charge in [0.1, 0.15) is 0 Å². The largest absolute Gasteiger partial charge is 0.383 e. The number of nitrogens with zero attached hydrogens (tertiary/aromatic N) is 1. The van der Waals surface area contributed by atoms with Crippen LogP contribution in [0.1, 0.15) is 16.1 Å². The van der Waals surface area contributed by atoms with Crippen LogP contribution in [-0.4, -0.2) is 39.6 Å². The fourth-order valence-corrected chi connectivity index (χ4v) is 2.97. The molecule has 0 atom stereocenters. The smallest absolute Gasteiger partial charge is 0.251 e. The predicted molar refractivity (Wildman–Crippen MR) is 88.9 cm³/mol. The molecule has 2 rings (SSSR count). The van der Waals surface area contributed by atoms with Gasteiger partial charge in [-0.3, -0.25) is 9.78 Å². The Hall–Kier alpha value is -2.29. The highest BCUT2D eigenvalue weighted by Crippen LogP contribution is 2.12. The summed E-state index contributed by atoms with van der Waals surface area (Å²) in [5.74, 6) is -0.353. The van der Waals surface area contributed by atoms with Gasteiger partial charge >= 0.3 is 0 Å². The predicted octanol–water partition coefficient (Wildman–Crippen LogP) is 0.936. The van der Waals surface area contributed by atoms with Crippen molar-refractivity contribution in [3.8, 4) is 0 Å². The summed E-state index contributed by atoms with van der Waals surface area (Å²) < 4.78 is 32.0. The molecule has 1 aromatic carbocycles. The third kappa shape index (κ3) is 5.12. The molecule has 0 aliphatic rings. The van der Waals surface area contributed by atoms with Gasteiger partial charge in [-0.05, 0) is 30.3 Å². The molecule has 0 fully saturated rings. The highest BCUT2D eigenvalue weighted by Gasteiger charge is 2.16. The summed E-state index contributed by atoms with van der Waals surface area (Å²) in [4.78, 5) is 16.1. The zero-order chi connectivity index (χ0) is 17.4. The Morgan fingerprint density at radius 2 is 2.04 bits per heavy atom. The van der Waals surface area contributed by atoms with Crippen molar-refractivity contribution >= 4 is 15.9 Å². The van der Waals surface area contributed by atoms with Crippen LogP contribution in [0, 0.1) is 0 Å². The maximum Gasteiger partial charge on any atom is 0.251 e. The number of benzene rings is 1. The lowest BCUT2D eigenvalue weighted by molar-refractivity contribution is 0.0937. The summed E-state index contributed by atoms with van der Waals surface area (Å²) in [6.45, 7) is 0.813. The number of rotatable bonds is 8. The van der Waals surface area contributed by atoms with E-state index in [0.29, 0.717) is 18.8 Å². The summed E-state index contributed by atoms with van der Waals surface area (Å²) in [5, 5.41) is 2.65. The quantitative estimate of drug-likeness (QED) is 0.691. The molecule has 24 heavy (non-hydrogen) atoms. The molecular weight excluding hydrogens is 330 g/mol. The maximum absolute atomic E-state index is 12.4. The van der Waals surface area contributed by atoms with Crippen LogP contribution >= 0.6 is 0 Å². The number of hydrogen-bond donors (Lipinski definition) is 2. The standard InChI is InChI=1S/C16H19N3O4S/c1-23-10-9-18-16(20)13-5-4-7-15(11-13)24(21,22)19-12-14-6-2-3-8-17-14/h2-8,11,19H,9-10,12H2,1H3,(H,18,20). The van der Waals surface area contributed by atoms with Crippen LogP contribution in [0.15, 0.2) is 53.6 Å². The Bertz CT molecular complexity index is 779. The monoisotopic (exact) mass is 349 g/mol. The van der Waals surface area contributed by atoms with Gasteiger partial charge in [-0.1, -0.05) is 12.1 Å². The molecule has 7 nitrogen and oxygen atoms in total. The molecular formula is C16H19N3O4S. The van der Waals surface area contributed by atoms with Crippen LogP contribution in [-0.2, 0) is 21.3 Å². The van der Waals surface area contributed by atoms with E-state index in [1.54, 1.807) is 30.5 Å². The number of hydrogen-bond acceptors (Lipinski definition) is 5. The molecule has 0 bridgehead atoms. The number of carbonyl (C=O) groups is 1. The molecule has 1 aromatic heterocycles. The number of amides is 1. The Morgan fingerprint density at radius 3 is 2.75 bits per heavy atom. The maximum atomic E-state index is 12.4. The molecule has 0 radical (unpaired) electrons. The van der Waals surface area contributed by atoms with Crippen molar-refractivity contribution in [3.05, 3.63) is 59.9 Å². The number of methoxy groups -OCH3 is 1. The minimum atomic E-state index is -3.73. The summed E-state index contributed by atoms with van der Waals surface area (Å²) in [7, 11) is -2.20. The van der Waals surface area contributed by atoms with Crippen LogP contribution in [0.3, 0.4) is 0 Å². The highest BCUT2D eigenvalue weighted by atomic mass is 32.2. The van der Waals surface area contributed by atoms with E-state index in [2.05, 4.69) is 15.0 Å². The second-order valence-electron chi connectivity index (χ2n) is 4.92. The van der Waals surface area contributed by atoms with Gasteiger partial charge in [0, 0.05) is 25.4 Å². The van der Waals surface area contributed by atoms with Gasteiger partial charge in [-0.25, -0.2) is 13.1 Å². The minimum Gasteiger partial charge on any atom is -0.383 e. The lowest BCUT2D eigenvalue weighted by atomic mass is 10.2. The zero-order valence-electron chi connectivity index (χ0n) is 13.2. The first-order chi connectivity index (χ1) is 11.5. The van der Waals surface area contributed by atoms with Gasteiger partial charge in [-0.2, -0.15) is 0 Å². The van der Waals surface area contributed by atoms with Crippen molar-refractivity contribution in [2.45, 2.75) is 11.4 Å². The summed E-state index contributed by atoms with van der Waals surface area (Å²) in [5.41, 5.74) is 0.876. The van der Waals surface area contributed by atoms with Crippen molar-refractivity contribution in [3.63, 3.8) is 0 Å². The third-order valence-electron chi connectivity index (χ3n) is 3.17. The number of ether oxygens (including phenoxy) is 1. The second-order valence-corrected chi connectivity index (χ2v) is 6.69. The number of sulfonamides is 1. The third-order valence-corrected chi connectivity index (χ3v) is 4.57. The molecule has 2 aromatic rings. The Kier molecular flexibility index (Phi) is 6.42. The lowest BCUT2D eigenvalue weighted by Crippen LogP contribution is -2.28. The average Bonchev–Trinajstić information content (AvgIpc) is 2.61. The molecule has 8 heteroatoms. The van der Waals surface area contributed by atoms with E-state index in [1.807, 2.05) is 0 Å². The number of nitrogens with one attached hydrogen (secondary N) is 2. The molecule has 2 N–H and O–H groups in total. The summed E-state index contributed by atoms with van der Waals surface area (Å²) in [6.07, 6.45) is 1.59. The fraction of sp³-hybridized carbons (Fsp3) is 0.250. The van der Waals surface area contributed by atoms with E-state index in [9.17, 15) is 13.2 Å². The van der Waals surface area contributed by atoms with Crippen molar-refractivity contribution < 1.29 is 17.9 Å². The van der Waals surface area contributed by atoms with Crippen LogP contribution < -0.4 is 10.0 Å². The van der Waals surface area contributed by atoms with Gasteiger partial charge in [0.25, 0.3) is 5.91 Å². The van der Waals surface area contributed by atoms with Crippen LogP contribution in [0.25, 0.3) is 0 Å². The van der Waals surface area contributed by atoms with E-state index in [-0.39, 0.29) is 22.9 Å². The van der Waals surface area contributed by atoms with Gasteiger partial charge in [0.05, 0.1) is 23.7 Å². The van der Waals surface area contributed by atoms with Gasteiger partial charge in [-0.15, -0.1) is 0 Å². The Balaban J connectivity index is 2.07. The molecule has 128 valence electrons. The molecule has 1 amide bonds. The highest BCUT2D eigenvalue weighted by molar-refractivity contribution is 7.89. The lowest BCUT2D eigenvalue weighted by Gasteiger charge is -2.09. The van der Waals surface area contributed by atoms with Crippen molar-refractivity contribution in [1.29, 1.82) is 0 Å². The number of pyridine rings is 1. The summed E-state index contributed by atoms with van der Waals surface area (Å²) >= 11 is 0. The molecule has 0 aliphatic carbocycles. The molecule has 0 spiro atoms. The minimum absolute atomic E-state index is 0.0258. The van der Waals surface area contributed by atoms with Gasteiger partial charge in [0.2, 0.25) is 10.0 Å². The Morgan fingerprint density at radius 1 is 1.21 bits per heavy atom. The first kappa shape index (κ1) is 18.1. The number of carbonyl (C=O) groups excluding carboxylic acids is 1. The second kappa shape index (κ2) is 8.53.